The van der Waals surface area contributed by atoms with E-state index in [9.17, 15) is 8.42 Å². The van der Waals surface area contributed by atoms with Crippen LogP contribution in [-0.2, 0) is 10.0 Å². The van der Waals surface area contributed by atoms with Gasteiger partial charge in [0.15, 0.2) is 0 Å². The van der Waals surface area contributed by atoms with Crippen molar-refractivity contribution >= 4 is 33.2 Å². The van der Waals surface area contributed by atoms with E-state index in [0.29, 0.717) is 6.61 Å². The predicted molar refractivity (Wildman–Crippen MR) is 92.8 cm³/mol. The van der Waals surface area contributed by atoms with Crippen LogP contribution in [0.2, 0.25) is 10.0 Å². The topological polar surface area (TPSA) is 55.4 Å². The Hall–Kier alpha value is -1.27. The van der Waals surface area contributed by atoms with Gasteiger partial charge in [-0.3, -0.25) is 0 Å². The van der Waals surface area contributed by atoms with Crippen LogP contribution in [0.3, 0.4) is 0 Å². The molecule has 7 heteroatoms. The lowest BCUT2D eigenvalue weighted by Gasteiger charge is -2.16. The minimum atomic E-state index is -3.83. The summed E-state index contributed by atoms with van der Waals surface area (Å²) in [7, 11) is -3.83. The van der Waals surface area contributed by atoms with Crippen LogP contribution in [0.15, 0.2) is 47.4 Å². The van der Waals surface area contributed by atoms with E-state index in [0.717, 1.165) is 11.3 Å². The molecule has 0 spiro atoms. The largest absolute Gasteiger partial charge is 0.494 e. The molecule has 2 rings (SSSR count). The molecule has 0 aliphatic heterocycles. The smallest absolute Gasteiger partial charge is 0.244 e. The van der Waals surface area contributed by atoms with Gasteiger partial charge in [0, 0.05) is 6.04 Å². The number of sulfonamides is 1. The quantitative estimate of drug-likeness (QED) is 0.814. The fourth-order valence-corrected chi connectivity index (χ4v) is 4.49. The van der Waals surface area contributed by atoms with Crippen molar-refractivity contribution in [1.29, 1.82) is 0 Å². The van der Waals surface area contributed by atoms with Crippen molar-refractivity contribution in [3.05, 3.63) is 58.1 Å². The van der Waals surface area contributed by atoms with Gasteiger partial charge in [0.1, 0.15) is 10.6 Å². The SMILES string of the molecule is CCOc1ccc(C(C)NS(=O)(=O)c2c(Cl)cccc2Cl)cc1. The third-order valence-corrected chi connectivity index (χ3v) is 5.71. The van der Waals surface area contributed by atoms with Crippen LogP contribution in [0.5, 0.6) is 5.75 Å². The molecule has 1 N–H and O–H groups in total. The van der Waals surface area contributed by atoms with E-state index in [4.69, 9.17) is 27.9 Å². The zero-order chi connectivity index (χ0) is 17.0. The van der Waals surface area contributed by atoms with Gasteiger partial charge in [-0.15, -0.1) is 0 Å². The van der Waals surface area contributed by atoms with Gasteiger partial charge in [-0.2, -0.15) is 0 Å². The van der Waals surface area contributed by atoms with Gasteiger partial charge in [0.2, 0.25) is 10.0 Å². The third-order valence-electron chi connectivity index (χ3n) is 3.21. The van der Waals surface area contributed by atoms with Gasteiger partial charge in [0.05, 0.1) is 16.7 Å². The first-order valence-electron chi connectivity index (χ1n) is 7.04. The fourth-order valence-electron chi connectivity index (χ4n) is 2.12. The zero-order valence-electron chi connectivity index (χ0n) is 12.7. The van der Waals surface area contributed by atoms with E-state index in [1.807, 2.05) is 19.1 Å². The minimum absolute atomic E-state index is 0.0869. The van der Waals surface area contributed by atoms with Gasteiger partial charge in [0.25, 0.3) is 0 Å². The Bertz CT molecular complexity index is 756. The van der Waals surface area contributed by atoms with E-state index in [1.54, 1.807) is 25.1 Å². The number of hydrogen-bond acceptors (Lipinski definition) is 3. The molecule has 0 amide bonds. The molecule has 2 aromatic rings. The lowest BCUT2D eigenvalue weighted by Crippen LogP contribution is -2.27. The molecule has 0 aromatic heterocycles. The molecule has 0 bridgehead atoms. The lowest BCUT2D eigenvalue weighted by atomic mass is 10.1. The number of nitrogens with one attached hydrogen (secondary N) is 1. The predicted octanol–water partition coefficient (Wildman–Crippen LogP) is 4.43. The summed E-state index contributed by atoms with van der Waals surface area (Å²) in [5.74, 6) is 0.737. The van der Waals surface area contributed by atoms with Crippen molar-refractivity contribution in [3.8, 4) is 5.75 Å². The molecule has 0 saturated carbocycles. The highest BCUT2D eigenvalue weighted by atomic mass is 35.5. The van der Waals surface area contributed by atoms with Crippen molar-refractivity contribution in [2.75, 3.05) is 6.61 Å². The molecule has 23 heavy (non-hydrogen) atoms. The average Bonchev–Trinajstić information content (AvgIpc) is 2.47. The molecule has 1 unspecified atom stereocenters. The van der Waals surface area contributed by atoms with Crippen LogP contribution in [0, 0.1) is 0 Å². The molecule has 0 aliphatic rings. The molecule has 0 aliphatic carbocycles. The Kier molecular flexibility index (Phi) is 5.92. The monoisotopic (exact) mass is 373 g/mol. The fraction of sp³-hybridized carbons (Fsp3) is 0.250. The second-order valence-corrected chi connectivity index (χ2v) is 7.36. The molecule has 0 fully saturated rings. The normalized spacial score (nSPS) is 12.9. The number of benzene rings is 2. The highest BCUT2D eigenvalue weighted by Gasteiger charge is 2.24. The van der Waals surface area contributed by atoms with Crippen molar-refractivity contribution in [3.63, 3.8) is 0 Å². The first-order valence-corrected chi connectivity index (χ1v) is 9.28. The van der Waals surface area contributed by atoms with Gasteiger partial charge in [-0.25, -0.2) is 13.1 Å². The molecule has 124 valence electrons. The first kappa shape index (κ1) is 18.1. The van der Waals surface area contributed by atoms with E-state index >= 15 is 0 Å². The van der Waals surface area contributed by atoms with Crippen molar-refractivity contribution in [2.24, 2.45) is 0 Å². The summed E-state index contributed by atoms with van der Waals surface area (Å²) in [5.41, 5.74) is 0.806. The van der Waals surface area contributed by atoms with Crippen LogP contribution < -0.4 is 9.46 Å². The Balaban J connectivity index is 2.23. The summed E-state index contributed by atoms with van der Waals surface area (Å²) in [6, 6.07) is 11.4. The summed E-state index contributed by atoms with van der Waals surface area (Å²) < 4.78 is 33.0. The van der Waals surface area contributed by atoms with Gasteiger partial charge >= 0.3 is 0 Å². The molecule has 4 nitrogen and oxygen atoms in total. The van der Waals surface area contributed by atoms with Crippen LogP contribution in [0.1, 0.15) is 25.5 Å². The van der Waals surface area contributed by atoms with Crippen molar-refractivity contribution < 1.29 is 13.2 Å². The number of rotatable bonds is 6. The summed E-state index contributed by atoms with van der Waals surface area (Å²) in [6.45, 7) is 4.22. The maximum atomic E-state index is 12.5. The maximum Gasteiger partial charge on any atom is 0.244 e. The van der Waals surface area contributed by atoms with Crippen LogP contribution in [0.4, 0.5) is 0 Å². The Morgan fingerprint density at radius 2 is 1.65 bits per heavy atom. The Labute approximate surface area is 146 Å². The number of hydrogen-bond donors (Lipinski definition) is 1. The van der Waals surface area contributed by atoms with Crippen LogP contribution in [0.25, 0.3) is 0 Å². The summed E-state index contributed by atoms with van der Waals surface area (Å²) in [5, 5.41) is 0.174. The Morgan fingerprint density at radius 3 is 2.17 bits per heavy atom. The summed E-state index contributed by atoms with van der Waals surface area (Å²) >= 11 is 12.0. The molecule has 0 saturated heterocycles. The summed E-state index contributed by atoms with van der Waals surface area (Å²) in [6.07, 6.45) is 0. The molecule has 0 radical (unpaired) electrons. The lowest BCUT2D eigenvalue weighted by molar-refractivity contribution is 0.340. The summed E-state index contributed by atoms with van der Waals surface area (Å²) in [4.78, 5) is -0.110. The molecule has 2 aromatic carbocycles. The van der Waals surface area contributed by atoms with E-state index in [-0.39, 0.29) is 14.9 Å². The van der Waals surface area contributed by atoms with Crippen LogP contribution in [-0.4, -0.2) is 15.0 Å². The van der Waals surface area contributed by atoms with Gasteiger partial charge < -0.3 is 4.74 Å². The maximum absolute atomic E-state index is 12.5. The van der Waals surface area contributed by atoms with E-state index in [1.165, 1.54) is 12.1 Å². The van der Waals surface area contributed by atoms with Crippen molar-refractivity contribution in [1.82, 2.24) is 4.72 Å². The second kappa shape index (κ2) is 7.53. The van der Waals surface area contributed by atoms with E-state index < -0.39 is 16.1 Å². The van der Waals surface area contributed by atoms with E-state index in [2.05, 4.69) is 4.72 Å². The van der Waals surface area contributed by atoms with Crippen molar-refractivity contribution in [2.45, 2.75) is 24.8 Å². The Morgan fingerprint density at radius 1 is 1.09 bits per heavy atom. The minimum Gasteiger partial charge on any atom is -0.494 e. The molecular formula is C16H17Cl2NO3S. The third kappa shape index (κ3) is 4.38. The zero-order valence-corrected chi connectivity index (χ0v) is 15.0. The molecule has 0 heterocycles. The van der Waals surface area contributed by atoms with Crippen LogP contribution >= 0.6 is 23.2 Å². The van der Waals surface area contributed by atoms with Gasteiger partial charge in [-0.05, 0) is 43.7 Å². The highest BCUT2D eigenvalue weighted by molar-refractivity contribution is 7.89. The second-order valence-electron chi connectivity index (χ2n) is 4.90. The first-order chi connectivity index (χ1) is 10.8. The molecule has 1 atom stereocenters. The number of ether oxygens (including phenoxy) is 1. The standard InChI is InChI=1S/C16H17Cl2NO3S/c1-3-22-13-9-7-12(8-10-13)11(2)19-23(20,21)16-14(17)5-4-6-15(16)18/h4-11,19H,3H2,1-2H3. The highest BCUT2D eigenvalue weighted by Crippen LogP contribution is 2.30. The van der Waals surface area contributed by atoms with Gasteiger partial charge in [-0.1, -0.05) is 41.4 Å². The molecular weight excluding hydrogens is 357 g/mol. The average molecular weight is 374 g/mol. The number of halogens is 2.